The van der Waals surface area contributed by atoms with Crippen molar-refractivity contribution in [2.24, 2.45) is 0 Å². The number of anilines is 1. The Hall–Kier alpha value is -2.83. The van der Waals surface area contributed by atoms with Gasteiger partial charge in [0, 0.05) is 21.3 Å². The van der Waals surface area contributed by atoms with Crippen LogP contribution in [0.15, 0.2) is 53.1 Å². The fourth-order valence-corrected chi connectivity index (χ4v) is 3.15. The number of halogens is 2. The number of rotatable bonds is 4. The summed E-state index contributed by atoms with van der Waals surface area (Å²) in [5.41, 5.74) is 2.77. The zero-order chi connectivity index (χ0) is 19.0. The van der Waals surface area contributed by atoms with E-state index in [-0.39, 0.29) is 12.3 Å². The van der Waals surface area contributed by atoms with Gasteiger partial charge in [-0.2, -0.15) is 4.52 Å². The van der Waals surface area contributed by atoms with Crippen LogP contribution in [0.2, 0.25) is 10.0 Å². The number of aryl methyl sites for hydroxylation is 1. The lowest BCUT2D eigenvalue weighted by molar-refractivity contribution is -0.115. The molecule has 0 fully saturated rings. The van der Waals surface area contributed by atoms with Crippen molar-refractivity contribution in [1.82, 2.24) is 14.6 Å². The molecule has 2 heterocycles. The zero-order valence-corrected chi connectivity index (χ0v) is 15.8. The van der Waals surface area contributed by atoms with Crippen LogP contribution in [0.5, 0.6) is 0 Å². The molecule has 0 atom stereocenters. The van der Waals surface area contributed by atoms with Gasteiger partial charge in [0.1, 0.15) is 5.82 Å². The van der Waals surface area contributed by atoms with Crippen molar-refractivity contribution < 1.29 is 9.21 Å². The predicted octanol–water partition coefficient (Wildman–Crippen LogP) is 4.79. The van der Waals surface area contributed by atoms with Gasteiger partial charge < -0.3 is 9.73 Å². The van der Waals surface area contributed by atoms with Gasteiger partial charge >= 0.3 is 0 Å². The maximum absolute atomic E-state index is 12.3. The molecule has 0 radical (unpaired) electrons. The van der Waals surface area contributed by atoms with Crippen molar-refractivity contribution in [3.8, 4) is 11.5 Å². The van der Waals surface area contributed by atoms with Crippen LogP contribution < -0.4 is 5.32 Å². The van der Waals surface area contributed by atoms with E-state index in [1.54, 1.807) is 41.0 Å². The zero-order valence-electron chi connectivity index (χ0n) is 14.2. The molecule has 0 spiro atoms. The van der Waals surface area contributed by atoms with E-state index in [1.807, 2.05) is 19.1 Å². The molecular weight excluding hydrogens is 387 g/mol. The van der Waals surface area contributed by atoms with E-state index in [1.165, 1.54) is 0 Å². The standard InChI is InChI=1S/C19H14Cl2N4O2/c1-11-22-10-18-25(11)24-19(27-18)12-3-6-15(7-4-12)23-17(26)8-13-2-5-14(20)9-16(13)21/h2-7,9-10H,8H2,1H3,(H,23,26). The van der Waals surface area contributed by atoms with Crippen molar-refractivity contribution >= 4 is 40.5 Å². The Morgan fingerprint density at radius 3 is 2.67 bits per heavy atom. The van der Waals surface area contributed by atoms with Crippen LogP contribution in [0, 0.1) is 6.92 Å². The Kier molecular flexibility index (Phi) is 4.59. The molecule has 0 bridgehead atoms. The highest BCUT2D eigenvalue weighted by Gasteiger charge is 2.12. The molecule has 0 saturated carbocycles. The third-order valence-corrected chi connectivity index (χ3v) is 4.64. The number of imidazole rings is 1. The minimum absolute atomic E-state index is 0.162. The first-order chi connectivity index (χ1) is 13.0. The molecular formula is C19H14Cl2N4O2. The van der Waals surface area contributed by atoms with E-state index in [4.69, 9.17) is 27.6 Å². The topological polar surface area (TPSA) is 72.4 Å². The van der Waals surface area contributed by atoms with Crippen LogP contribution in [0.4, 0.5) is 5.69 Å². The summed E-state index contributed by atoms with van der Waals surface area (Å²) in [7, 11) is 0. The number of carbonyl (C=O) groups is 1. The maximum atomic E-state index is 12.3. The lowest BCUT2D eigenvalue weighted by atomic mass is 10.1. The van der Waals surface area contributed by atoms with E-state index in [9.17, 15) is 4.79 Å². The molecule has 8 heteroatoms. The normalized spacial score (nSPS) is 11.1. The van der Waals surface area contributed by atoms with E-state index in [2.05, 4.69) is 15.4 Å². The summed E-state index contributed by atoms with van der Waals surface area (Å²) in [5, 5.41) is 8.23. The average Bonchev–Trinajstić information content (AvgIpc) is 3.20. The first-order valence-corrected chi connectivity index (χ1v) is 8.90. The minimum atomic E-state index is -0.168. The Morgan fingerprint density at radius 2 is 1.96 bits per heavy atom. The van der Waals surface area contributed by atoms with Gasteiger partial charge in [-0.1, -0.05) is 29.3 Å². The van der Waals surface area contributed by atoms with Crippen molar-refractivity contribution in [1.29, 1.82) is 0 Å². The summed E-state index contributed by atoms with van der Waals surface area (Å²) in [6.45, 7) is 1.85. The number of hydrogen-bond donors (Lipinski definition) is 1. The quantitative estimate of drug-likeness (QED) is 0.534. The molecule has 0 unspecified atom stereocenters. The number of amides is 1. The minimum Gasteiger partial charge on any atom is -0.417 e. The van der Waals surface area contributed by atoms with Gasteiger partial charge in [-0.15, -0.1) is 5.10 Å². The Labute approximate surface area is 164 Å². The molecule has 0 aliphatic heterocycles. The van der Waals surface area contributed by atoms with Crippen LogP contribution in [0.25, 0.3) is 17.2 Å². The average molecular weight is 401 g/mol. The first kappa shape index (κ1) is 17.6. The number of nitrogens with zero attached hydrogens (tertiary/aromatic N) is 3. The monoisotopic (exact) mass is 400 g/mol. The van der Waals surface area contributed by atoms with Gasteiger partial charge in [0.15, 0.2) is 0 Å². The van der Waals surface area contributed by atoms with E-state index in [0.717, 1.165) is 17.0 Å². The highest BCUT2D eigenvalue weighted by atomic mass is 35.5. The number of aromatic nitrogens is 3. The summed E-state index contributed by atoms with van der Waals surface area (Å²) >= 11 is 12.0. The van der Waals surface area contributed by atoms with Crippen LogP contribution in [-0.2, 0) is 11.2 Å². The van der Waals surface area contributed by atoms with Crippen LogP contribution in [0.1, 0.15) is 11.4 Å². The summed E-state index contributed by atoms with van der Waals surface area (Å²) < 4.78 is 7.31. The Morgan fingerprint density at radius 1 is 1.19 bits per heavy atom. The second-order valence-corrected chi connectivity index (χ2v) is 6.84. The highest BCUT2D eigenvalue weighted by Crippen LogP contribution is 2.24. The molecule has 0 aliphatic rings. The number of carbonyl (C=O) groups excluding carboxylic acids is 1. The lowest BCUT2D eigenvalue weighted by Gasteiger charge is -2.07. The van der Waals surface area contributed by atoms with Gasteiger partial charge in [-0.05, 0) is 48.9 Å². The SMILES string of the molecule is Cc1ncc2oc(-c3ccc(NC(=O)Cc4ccc(Cl)cc4Cl)cc3)nn12. The summed E-state index contributed by atoms with van der Waals surface area (Å²) in [6, 6.07) is 12.3. The highest BCUT2D eigenvalue weighted by molar-refractivity contribution is 6.35. The molecule has 1 N–H and O–H groups in total. The molecule has 4 aromatic rings. The van der Waals surface area contributed by atoms with Crippen molar-refractivity contribution in [2.45, 2.75) is 13.3 Å². The number of benzene rings is 2. The van der Waals surface area contributed by atoms with Gasteiger partial charge in [0.25, 0.3) is 0 Å². The second kappa shape index (κ2) is 7.06. The molecule has 0 aliphatic carbocycles. The number of fused-ring (bicyclic) bond motifs is 1. The third-order valence-electron chi connectivity index (χ3n) is 4.05. The Bertz CT molecular complexity index is 1130. The van der Waals surface area contributed by atoms with Crippen LogP contribution in [0.3, 0.4) is 0 Å². The van der Waals surface area contributed by atoms with Crippen molar-refractivity contribution in [3.05, 3.63) is 70.1 Å². The smallest absolute Gasteiger partial charge is 0.246 e. The lowest BCUT2D eigenvalue weighted by Crippen LogP contribution is -2.14. The fourth-order valence-electron chi connectivity index (χ4n) is 2.68. The van der Waals surface area contributed by atoms with Crippen molar-refractivity contribution in [3.63, 3.8) is 0 Å². The number of hydrogen-bond acceptors (Lipinski definition) is 4. The molecule has 0 saturated heterocycles. The van der Waals surface area contributed by atoms with Gasteiger partial charge in [0.05, 0.1) is 12.6 Å². The van der Waals surface area contributed by atoms with Gasteiger partial charge in [-0.3, -0.25) is 4.79 Å². The fraction of sp³-hybridized carbons (Fsp3) is 0.105. The third kappa shape index (κ3) is 3.67. The summed E-state index contributed by atoms with van der Waals surface area (Å²) in [5.74, 6) is 1.07. The molecule has 136 valence electrons. The Balaban J connectivity index is 1.46. The summed E-state index contributed by atoms with van der Waals surface area (Å²) in [4.78, 5) is 16.4. The first-order valence-electron chi connectivity index (χ1n) is 8.15. The molecule has 4 rings (SSSR count). The van der Waals surface area contributed by atoms with Crippen LogP contribution in [-0.4, -0.2) is 20.5 Å². The molecule has 27 heavy (non-hydrogen) atoms. The van der Waals surface area contributed by atoms with E-state index in [0.29, 0.717) is 27.3 Å². The van der Waals surface area contributed by atoms with Gasteiger partial charge in [-0.25, -0.2) is 4.98 Å². The molecule has 2 aromatic heterocycles. The van der Waals surface area contributed by atoms with E-state index >= 15 is 0 Å². The van der Waals surface area contributed by atoms with Crippen molar-refractivity contribution in [2.75, 3.05) is 5.32 Å². The molecule has 1 amide bonds. The van der Waals surface area contributed by atoms with Gasteiger partial charge in [0.2, 0.25) is 17.5 Å². The summed E-state index contributed by atoms with van der Waals surface area (Å²) in [6.07, 6.45) is 1.79. The van der Waals surface area contributed by atoms with E-state index < -0.39 is 0 Å². The molecule has 6 nitrogen and oxygen atoms in total. The maximum Gasteiger partial charge on any atom is 0.246 e. The largest absolute Gasteiger partial charge is 0.417 e. The molecule has 2 aromatic carbocycles. The van der Waals surface area contributed by atoms with Crippen LogP contribution >= 0.6 is 23.2 Å². The second-order valence-electron chi connectivity index (χ2n) is 6.00. The number of nitrogens with one attached hydrogen (secondary N) is 1. The predicted molar refractivity (Wildman–Crippen MR) is 104 cm³/mol.